The highest BCUT2D eigenvalue weighted by atomic mass is 16.5. The number of fused-ring (bicyclic) bond motifs is 1. The van der Waals surface area contributed by atoms with E-state index in [1.807, 2.05) is 37.2 Å². The van der Waals surface area contributed by atoms with Crippen LogP contribution < -0.4 is 4.74 Å². The topological polar surface area (TPSA) is 76.3 Å². The number of rotatable bonds is 5. The van der Waals surface area contributed by atoms with E-state index in [1.54, 1.807) is 10.7 Å². The molecule has 0 saturated carbocycles. The van der Waals surface area contributed by atoms with Crippen molar-refractivity contribution in [2.45, 2.75) is 6.42 Å². The van der Waals surface area contributed by atoms with Crippen LogP contribution in [0.1, 0.15) is 6.42 Å². The summed E-state index contributed by atoms with van der Waals surface area (Å²) >= 11 is 0. The summed E-state index contributed by atoms with van der Waals surface area (Å²) in [6.45, 7) is 1.19. The van der Waals surface area contributed by atoms with Gasteiger partial charge in [0.2, 0.25) is 0 Å². The predicted octanol–water partition coefficient (Wildman–Crippen LogP) is 1.45. The molecule has 24 heavy (non-hydrogen) atoms. The largest absolute Gasteiger partial charge is 0.474 e. The number of carbonyl (C=O) groups is 2. The summed E-state index contributed by atoms with van der Waals surface area (Å²) in [7, 11) is 3.91. The molecule has 0 bridgehead atoms. The van der Waals surface area contributed by atoms with E-state index in [4.69, 9.17) is 4.74 Å². The van der Waals surface area contributed by atoms with Crippen LogP contribution in [0.15, 0.2) is 41.5 Å². The van der Waals surface area contributed by atoms with Gasteiger partial charge in [0, 0.05) is 12.7 Å². The van der Waals surface area contributed by atoms with Gasteiger partial charge in [0.25, 0.3) is 5.88 Å². The number of ether oxygens (including phenoxy) is 1. The second-order valence-electron chi connectivity index (χ2n) is 5.73. The lowest BCUT2D eigenvalue weighted by molar-refractivity contribution is -0.121. The highest BCUT2D eigenvalue weighted by Crippen LogP contribution is 2.32. The lowest BCUT2D eigenvalue weighted by Crippen LogP contribution is -2.20. The Balaban J connectivity index is 2.00. The number of aromatic nitrogens is 2. The van der Waals surface area contributed by atoms with E-state index in [-0.39, 0.29) is 23.7 Å². The summed E-state index contributed by atoms with van der Waals surface area (Å²) in [4.78, 5) is 29.7. The molecule has 0 amide bonds. The zero-order valence-electron chi connectivity index (χ0n) is 13.6. The smallest absolute Gasteiger partial charge is 0.260 e. The molecule has 0 spiro atoms. The Labute approximate surface area is 139 Å². The Bertz CT molecular complexity index is 849. The zero-order valence-corrected chi connectivity index (χ0v) is 13.6. The number of nitrogens with zero attached hydrogens (tertiary/aromatic N) is 4. The fourth-order valence-electron chi connectivity index (χ4n) is 2.28. The molecule has 1 aliphatic rings. The minimum atomic E-state index is -0.294. The number of pyridine rings is 1. The van der Waals surface area contributed by atoms with Crippen molar-refractivity contribution in [2.24, 2.45) is 4.99 Å². The summed E-state index contributed by atoms with van der Waals surface area (Å²) in [6.07, 6.45) is 4.47. The number of Topliss-reactive ketones (excluding diaryl/α,β-unsaturated/α-hetero) is 1. The molecule has 2 aromatic heterocycles. The summed E-state index contributed by atoms with van der Waals surface area (Å²) in [5.74, 6) is -0.132. The number of allylic oxidation sites excluding steroid dienone is 2. The molecule has 2 aromatic rings. The molecule has 0 aliphatic heterocycles. The molecule has 124 valence electrons. The minimum absolute atomic E-state index is 0.147. The van der Waals surface area contributed by atoms with Crippen LogP contribution >= 0.6 is 0 Å². The fraction of sp³-hybridized carbons (Fsp3) is 0.294. The third-order valence-corrected chi connectivity index (χ3v) is 3.54. The van der Waals surface area contributed by atoms with Crippen LogP contribution in [0.5, 0.6) is 5.88 Å². The standard InChI is InChI=1S/C17H18N4O3/c1-20(2)9-10-24-17-16(14-5-3-4-8-21(14)19-17)18-13-7-6-12(22)11-15(13)23/h3-8H,9-11H2,1-2H3. The number of hydrogen-bond donors (Lipinski definition) is 0. The molecule has 0 aromatic carbocycles. The molecule has 2 heterocycles. The Morgan fingerprint density at radius 3 is 2.88 bits per heavy atom. The van der Waals surface area contributed by atoms with Gasteiger partial charge >= 0.3 is 0 Å². The molecule has 7 heteroatoms. The summed E-state index contributed by atoms with van der Waals surface area (Å²) in [6, 6.07) is 5.57. The van der Waals surface area contributed by atoms with E-state index < -0.39 is 0 Å². The molecular weight excluding hydrogens is 308 g/mol. The van der Waals surface area contributed by atoms with Crippen molar-refractivity contribution >= 4 is 28.5 Å². The second kappa shape index (κ2) is 6.76. The maximum Gasteiger partial charge on any atom is 0.260 e. The van der Waals surface area contributed by atoms with Crippen molar-refractivity contribution in [3.63, 3.8) is 0 Å². The van der Waals surface area contributed by atoms with Crippen molar-refractivity contribution in [2.75, 3.05) is 27.2 Å². The molecule has 0 radical (unpaired) electrons. The molecule has 3 rings (SSSR count). The normalized spacial score (nSPS) is 16.5. The van der Waals surface area contributed by atoms with Gasteiger partial charge in [-0.25, -0.2) is 9.51 Å². The quantitative estimate of drug-likeness (QED) is 0.777. The van der Waals surface area contributed by atoms with E-state index in [1.165, 1.54) is 12.2 Å². The van der Waals surface area contributed by atoms with Gasteiger partial charge in [0.05, 0.1) is 11.9 Å². The van der Waals surface area contributed by atoms with Crippen LogP contribution in [0, 0.1) is 0 Å². The van der Waals surface area contributed by atoms with Gasteiger partial charge in [-0.3, -0.25) is 9.59 Å². The van der Waals surface area contributed by atoms with E-state index in [2.05, 4.69) is 10.1 Å². The van der Waals surface area contributed by atoms with Crippen LogP contribution in [0.2, 0.25) is 0 Å². The first kappa shape index (κ1) is 16.1. The average molecular weight is 326 g/mol. The fourth-order valence-corrected chi connectivity index (χ4v) is 2.28. The lowest BCUT2D eigenvalue weighted by atomic mass is 10.0. The zero-order chi connectivity index (χ0) is 17.1. The Morgan fingerprint density at radius 2 is 2.12 bits per heavy atom. The van der Waals surface area contributed by atoms with Crippen LogP contribution in [0.4, 0.5) is 5.69 Å². The van der Waals surface area contributed by atoms with E-state index >= 15 is 0 Å². The van der Waals surface area contributed by atoms with Crippen molar-refractivity contribution in [1.29, 1.82) is 0 Å². The molecule has 0 unspecified atom stereocenters. The number of aliphatic imine (C=N–C) groups is 1. The van der Waals surface area contributed by atoms with Crippen molar-refractivity contribution < 1.29 is 14.3 Å². The lowest BCUT2D eigenvalue weighted by Gasteiger charge is -2.10. The summed E-state index contributed by atoms with van der Waals surface area (Å²) in [5.41, 5.74) is 1.48. The summed E-state index contributed by atoms with van der Waals surface area (Å²) in [5, 5.41) is 4.38. The van der Waals surface area contributed by atoms with Gasteiger partial charge in [-0.05, 0) is 38.4 Å². The van der Waals surface area contributed by atoms with Gasteiger partial charge in [-0.1, -0.05) is 6.07 Å². The van der Waals surface area contributed by atoms with Crippen LogP contribution in [-0.2, 0) is 9.59 Å². The molecule has 0 saturated heterocycles. The van der Waals surface area contributed by atoms with Gasteiger partial charge in [-0.2, -0.15) is 0 Å². The number of hydrogen-bond acceptors (Lipinski definition) is 6. The van der Waals surface area contributed by atoms with E-state index in [9.17, 15) is 9.59 Å². The van der Waals surface area contributed by atoms with Crippen molar-refractivity contribution in [3.05, 3.63) is 36.5 Å². The van der Waals surface area contributed by atoms with Crippen LogP contribution in [-0.4, -0.2) is 59.0 Å². The van der Waals surface area contributed by atoms with Gasteiger partial charge in [-0.15, -0.1) is 5.10 Å². The average Bonchev–Trinajstić information content (AvgIpc) is 2.87. The first-order chi connectivity index (χ1) is 11.5. The molecule has 0 fully saturated rings. The van der Waals surface area contributed by atoms with Crippen molar-refractivity contribution in [1.82, 2.24) is 14.5 Å². The Kier molecular flexibility index (Phi) is 4.52. The third-order valence-electron chi connectivity index (χ3n) is 3.54. The number of ketones is 2. The molecule has 1 aliphatic carbocycles. The van der Waals surface area contributed by atoms with Crippen molar-refractivity contribution in [3.8, 4) is 5.88 Å². The van der Waals surface area contributed by atoms with E-state index in [0.717, 1.165) is 12.1 Å². The van der Waals surface area contributed by atoms with E-state index in [0.29, 0.717) is 18.2 Å². The maximum absolute atomic E-state index is 12.0. The highest BCUT2D eigenvalue weighted by Gasteiger charge is 2.20. The minimum Gasteiger partial charge on any atom is -0.474 e. The Morgan fingerprint density at radius 1 is 1.29 bits per heavy atom. The number of carbonyl (C=O) groups excluding carboxylic acids is 2. The maximum atomic E-state index is 12.0. The third kappa shape index (κ3) is 3.41. The summed E-state index contributed by atoms with van der Waals surface area (Å²) < 4.78 is 7.41. The molecule has 0 atom stereocenters. The van der Waals surface area contributed by atoms with Gasteiger partial charge in [0.1, 0.15) is 12.3 Å². The first-order valence-electron chi connectivity index (χ1n) is 7.62. The predicted molar refractivity (Wildman–Crippen MR) is 90.1 cm³/mol. The second-order valence-corrected chi connectivity index (χ2v) is 5.73. The van der Waals surface area contributed by atoms with Crippen LogP contribution in [0.3, 0.4) is 0 Å². The molecule has 7 nitrogen and oxygen atoms in total. The SMILES string of the molecule is CN(C)CCOc1nn2ccccc2c1N=C1C=CC(=O)CC1=O. The monoisotopic (exact) mass is 326 g/mol. The first-order valence-corrected chi connectivity index (χ1v) is 7.62. The Hall–Kier alpha value is -2.80. The highest BCUT2D eigenvalue weighted by molar-refractivity contribution is 6.50. The molecular formula is C17H18N4O3. The molecule has 0 N–H and O–H groups in total. The van der Waals surface area contributed by atoms with Crippen LogP contribution in [0.25, 0.3) is 5.52 Å². The van der Waals surface area contributed by atoms with Gasteiger partial charge < -0.3 is 9.64 Å². The number of likely N-dealkylation sites (N-methyl/N-ethyl adjacent to an activating group) is 1. The van der Waals surface area contributed by atoms with Gasteiger partial charge in [0.15, 0.2) is 17.3 Å².